The number of esters is 1. The number of carbonyl (C=O) groups excluding carboxylic acids is 1. The number of imidazole rings is 1. The number of quaternary nitrogens is 4. The van der Waals surface area contributed by atoms with Gasteiger partial charge in [-0.3, -0.25) is 22.8 Å². The first-order valence-electron chi connectivity index (χ1n) is 22.9. The Balaban J connectivity index is 0. The maximum Gasteiger partial charge on any atom is 0.306 e. The standard InChI is InChI=1S/C15H24N5O13P3.4C6H15N/c1-2-3-4-12(21)31-9-5-11(20-8-19-13-14(16)17-7-18-15(13)20)30-10(9)6-29-35(25,26)33-36(27,28)32-34(22,23)24;4*1-4-7(5-2)6-3/h7-11H,2-6H2,1H3,(H,25,26)(H,27,28)(H2,16,17,18)(H2,22,23,24);4*4-6H2,1-3H3/t9-,10+,11+;;;;/m0..../s1. The lowest BCUT2D eigenvalue weighted by Gasteiger charge is -2.37. The van der Waals surface area contributed by atoms with Gasteiger partial charge in [0.05, 0.1) is 99.3 Å². The number of nitrogens with two attached hydrogens (primary N) is 1. The highest BCUT2D eigenvalue weighted by atomic mass is 31.3. The first-order chi connectivity index (χ1) is 30.1. The molecule has 1 aliphatic rings. The van der Waals surface area contributed by atoms with E-state index in [-0.39, 0.29) is 29.8 Å². The minimum absolute atomic E-state index is 0.00994. The molecule has 0 amide bonds. The molecule has 2 aromatic heterocycles. The van der Waals surface area contributed by atoms with Gasteiger partial charge in [-0.15, -0.1) is 0 Å². The van der Waals surface area contributed by atoms with Crippen molar-refractivity contribution < 1.29 is 80.3 Å². The third-order valence-electron chi connectivity index (χ3n) is 10.7. The van der Waals surface area contributed by atoms with Crippen molar-refractivity contribution in [3.05, 3.63) is 12.7 Å². The summed E-state index contributed by atoms with van der Waals surface area (Å²) < 4.78 is 57.5. The van der Waals surface area contributed by atoms with Crippen LogP contribution in [0.5, 0.6) is 0 Å². The zero-order chi connectivity index (χ0) is 49.5. The van der Waals surface area contributed by atoms with E-state index in [1.807, 2.05) is 6.92 Å². The predicted molar refractivity (Wildman–Crippen MR) is 239 cm³/mol. The summed E-state index contributed by atoms with van der Waals surface area (Å²) in [7, 11) is -18.1. The van der Waals surface area contributed by atoms with Crippen LogP contribution < -0.4 is 44.9 Å². The second-order valence-electron chi connectivity index (χ2n) is 14.6. The van der Waals surface area contributed by atoms with Crippen LogP contribution in [0, 0.1) is 0 Å². The van der Waals surface area contributed by atoms with Gasteiger partial charge >= 0.3 is 5.97 Å². The van der Waals surface area contributed by atoms with Crippen LogP contribution in [-0.2, 0) is 41.1 Å². The number of nitrogens with one attached hydrogen (secondary N) is 4. The van der Waals surface area contributed by atoms with E-state index >= 15 is 0 Å². The molecule has 2 aromatic rings. The van der Waals surface area contributed by atoms with Crippen molar-refractivity contribution in [2.45, 2.75) is 134 Å². The van der Waals surface area contributed by atoms with Gasteiger partial charge in [-0.25, -0.2) is 19.3 Å². The Labute approximate surface area is 383 Å². The van der Waals surface area contributed by atoms with Gasteiger partial charge < -0.3 is 63.5 Å². The normalized spacial score (nSPS) is 17.9. The molecule has 0 spiro atoms. The number of nitrogens with zero attached hydrogens (tertiary/aromatic N) is 4. The van der Waals surface area contributed by atoms with Crippen LogP contribution in [0.4, 0.5) is 5.82 Å². The molecule has 6 N–H and O–H groups in total. The molecular formula is C39H84N9O13P3. The molecule has 0 saturated carbocycles. The highest BCUT2D eigenvalue weighted by molar-refractivity contribution is 7.64. The summed E-state index contributed by atoms with van der Waals surface area (Å²) in [5.41, 5.74) is 6.30. The number of anilines is 1. The maximum atomic E-state index is 12.2. The van der Waals surface area contributed by atoms with Crippen molar-refractivity contribution in [3.8, 4) is 0 Å². The third kappa shape index (κ3) is 27.6. The van der Waals surface area contributed by atoms with Gasteiger partial charge in [0, 0.05) is 12.8 Å². The van der Waals surface area contributed by atoms with Crippen LogP contribution >= 0.6 is 23.5 Å². The van der Waals surface area contributed by atoms with E-state index in [0.717, 1.165) is 0 Å². The van der Waals surface area contributed by atoms with Crippen LogP contribution in [0.1, 0.15) is 122 Å². The van der Waals surface area contributed by atoms with Crippen LogP contribution in [0.25, 0.3) is 11.2 Å². The molecule has 64 heavy (non-hydrogen) atoms. The Morgan fingerprint density at radius 3 is 1.52 bits per heavy atom. The Morgan fingerprint density at radius 1 is 0.703 bits per heavy atom. The van der Waals surface area contributed by atoms with E-state index in [1.54, 1.807) is 19.6 Å². The van der Waals surface area contributed by atoms with E-state index in [0.29, 0.717) is 12.8 Å². The first-order valence-corrected chi connectivity index (χ1v) is 27.3. The predicted octanol–water partition coefficient (Wildman–Crippen LogP) is -1.66. The van der Waals surface area contributed by atoms with E-state index in [1.165, 1.54) is 95.8 Å². The number of nitrogen functional groups attached to an aromatic ring is 1. The first kappa shape index (κ1) is 64.1. The lowest BCUT2D eigenvalue weighted by atomic mass is 10.2. The zero-order valence-electron chi connectivity index (χ0n) is 40.9. The average Bonchev–Trinajstić information content (AvgIpc) is 3.86. The van der Waals surface area contributed by atoms with Gasteiger partial charge in [-0.1, -0.05) is 13.3 Å². The molecular weight excluding hydrogens is 895 g/mol. The second-order valence-corrected chi connectivity index (χ2v) is 18.9. The van der Waals surface area contributed by atoms with Gasteiger partial charge in [0.2, 0.25) is 0 Å². The summed E-state index contributed by atoms with van der Waals surface area (Å²) >= 11 is 0. The zero-order valence-corrected chi connectivity index (χ0v) is 43.6. The topological polar surface area (TPSA) is 294 Å². The van der Waals surface area contributed by atoms with E-state index in [2.05, 4.69) is 111 Å². The lowest BCUT2D eigenvalue weighted by Crippen LogP contribution is -3.11. The molecule has 0 aromatic carbocycles. The second kappa shape index (κ2) is 35.2. The van der Waals surface area contributed by atoms with Crippen molar-refractivity contribution >= 4 is 46.4 Å². The number of fused-ring (bicyclic) bond motifs is 1. The summed E-state index contributed by atoms with van der Waals surface area (Å²) in [5, 5.41) is 0. The third-order valence-corrected chi connectivity index (χ3v) is 14.4. The minimum atomic E-state index is -6.13. The van der Waals surface area contributed by atoms with Gasteiger partial charge in [0.1, 0.15) is 30.3 Å². The lowest BCUT2D eigenvalue weighted by molar-refractivity contribution is -0.894. The van der Waals surface area contributed by atoms with Crippen molar-refractivity contribution in [1.82, 2.24) is 19.5 Å². The number of hydrogen-bond donors (Lipinski definition) is 5. The summed E-state index contributed by atoms with van der Waals surface area (Å²) in [5.74, 6) is -0.507. The number of aromatic nitrogens is 4. The molecule has 1 fully saturated rings. The van der Waals surface area contributed by atoms with Crippen molar-refractivity contribution in [2.75, 3.05) is 90.9 Å². The fourth-order valence-electron chi connectivity index (χ4n) is 6.22. The Morgan fingerprint density at radius 2 is 1.14 bits per heavy atom. The Bertz CT molecular complexity index is 1570. The summed E-state index contributed by atoms with van der Waals surface area (Å²) in [6.45, 7) is 42.9. The molecule has 3 rings (SSSR count). The quantitative estimate of drug-likeness (QED) is 0.0581. The highest BCUT2D eigenvalue weighted by Crippen LogP contribution is 2.60. The van der Waals surface area contributed by atoms with Gasteiger partial charge in [0.25, 0.3) is 15.6 Å². The smallest absolute Gasteiger partial charge is 0.306 e. The molecule has 0 bridgehead atoms. The molecule has 25 heteroatoms. The van der Waals surface area contributed by atoms with Crippen LogP contribution in [-0.4, -0.2) is 123 Å². The number of rotatable bonds is 24. The molecule has 0 aliphatic carbocycles. The van der Waals surface area contributed by atoms with Crippen LogP contribution in [0.2, 0.25) is 0 Å². The summed E-state index contributed by atoms with van der Waals surface area (Å²) in [6.07, 6.45) is 0.606. The Kier molecular flexibility index (Phi) is 35.3. The largest absolute Gasteiger partial charge is 0.790 e. The van der Waals surface area contributed by atoms with Gasteiger partial charge in [-0.05, 0) is 89.5 Å². The number of phosphoric ester groups is 1. The SMILES string of the molecule is CCCCC(=O)O[C@H]1C[C@H](n2cnc3c(N)ncnc32)O[C@@H]1COP(=O)([O-])OP(=O)([O-])OP(=O)([O-])[O-].CC[NH+](CC)CC.CC[NH+](CC)CC.CC[NH+](CC)CC.CC[NH+](CC)CC. The number of unbranched alkanes of at least 4 members (excludes halogenated alkanes) is 1. The molecule has 1 saturated heterocycles. The van der Waals surface area contributed by atoms with Gasteiger partial charge in [-0.2, -0.15) is 0 Å². The number of ether oxygens (including phenoxy) is 2. The van der Waals surface area contributed by atoms with Crippen LogP contribution in [0.15, 0.2) is 12.7 Å². The monoisotopic (exact) mass is 980 g/mol. The van der Waals surface area contributed by atoms with E-state index < -0.39 is 54.5 Å². The molecule has 3 heterocycles. The molecule has 2 unspecified atom stereocenters. The maximum absolute atomic E-state index is 12.2. The molecule has 0 radical (unpaired) electrons. The van der Waals surface area contributed by atoms with E-state index in [4.69, 9.17) is 15.2 Å². The highest BCUT2D eigenvalue weighted by Gasteiger charge is 2.40. The fraction of sp³-hybridized carbons (Fsp3) is 0.846. The number of hydrogen-bond acceptors (Lipinski definition) is 17. The summed E-state index contributed by atoms with van der Waals surface area (Å²) in [6, 6.07) is 0. The van der Waals surface area contributed by atoms with Crippen molar-refractivity contribution in [2.24, 2.45) is 0 Å². The minimum Gasteiger partial charge on any atom is -0.790 e. The summed E-state index contributed by atoms with van der Waals surface area (Å²) in [4.78, 5) is 75.1. The number of carbonyl (C=O) groups is 1. The molecule has 378 valence electrons. The fourth-order valence-corrected chi connectivity index (χ4v) is 9.09. The van der Waals surface area contributed by atoms with Crippen LogP contribution in [0.3, 0.4) is 0 Å². The number of phosphoric acid groups is 3. The average molecular weight is 980 g/mol. The van der Waals surface area contributed by atoms with E-state index in [9.17, 15) is 38.1 Å². The van der Waals surface area contributed by atoms with Crippen molar-refractivity contribution in [3.63, 3.8) is 0 Å². The van der Waals surface area contributed by atoms with Crippen molar-refractivity contribution in [1.29, 1.82) is 0 Å². The van der Waals surface area contributed by atoms with Gasteiger partial charge in [0.15, 0.2) is 11.5 Å². The molecule has 22 nitrogen and oxygen atoms in total. The molecule has 5 atom stereocenters. The molecule has 1 aliphatic heterocycles. The Hall–Kier alpha value is -1.97.